The van der Waals surface area contributed by atoms with Gasteiger partial charge in [-0.05, 0) is 13.0 Å². The van der Waals surface area contributed by atoms with Crippen LogP contribution in [-0.4, -0.2) is 37.2 Å². The number of Topliss-reactive ketones (excluding diaryl/α,β-unsaturated/α-hetero) is 1. The molecular weight excluding hydrogens is 210 g/mol. The summed E-state index contributed by atoms with van der Waals surface area (Å²) in [6.07, 6.45) is 0.839. The molecule has 0 saturated carbocycles. The van der Waals surface area contributed by atoms with E-state index >= 15 is 0 Å². The quantitative estimate of drug-likeness (QED) is 0.455. The third-order valence-electron chi connectivity index (χ3n) is 2.05. The molecule has 0 aromatic rings. The lowest BCUT2D eigenvalue weighted by Gasteiger charge is -2.18. The fourth-order valence-electron chi connectivity index (χ4n) is 1.23. The number of nitrogens with two attached hydrogens (primary N) is 1. The summed E-state index contributed by atoms with van der Waals surface area (Å²) in [5.41, 5.74) is 5.37. The van der Waals surface area contributed by atoms with Gasteiger partial charge < -0.3 is 16.4 Å². The van der Waals surface area contributed by atoms with Crippen LogP contribution in [0.2, 0.25) is 0 Å². The first-order chi connectivity index (χ1) is 7.52. The first-order valence-corrected chi connectivity index (χ1v) is 5.23. The Kier molecular flexibility index (Phi) is 7.11. The molecule has 0 bridgehead atoms. The monoisotopic (exact) mass is 229 g/mol. The molecule has 92 valence electrons. The smallest absolute Gasteiger partial charge is 0.239 e. The zero-order valence-electron chi connectivity index (χ0n) is 9.66. The van der Waals surface area contributed by atoms with Gasteiger partial charge in [-0.2, -0.15) is 0 Å². The first-order valence-electron chi connectivity index (χ1n) is 5.23. The Morgan fingerprint density at radius 1 is 1.38 bits per heavy atom. The van der Waals surface area contributed by atoms with E-state index in [1.54, 1.807) is 13.8 Å². The summed E-state index contributed by atoms with van der Waals surface area (Å²) in [5, 5.41) is 4.77. The van der Waals surface area contributed by atoms with E-state index < -0.39 is 6.04 Å². The highest BCUT2D eigenvalue weighted by atomic mass is 16.2. The number of nitrogens with one attached hydrogen (secondary N) is 2. The fraction of sp³-hybridized carbons (Fsp3) is 0.700. The largest absolute Gasteiger partial charge is 0.350 e. The topological polar surface area (TPSA) is 101 Å². The van der Waals surface area contributed by atoms with E-state index in [0.29, 0.717) is 19.4 Å². The zero-order valence-corrected chi connectivity index (χ0v) is 9.66. The molecule has 0 fully saturated rings. The lowest BCUT2D eigenvalue weighted by molar-refractivity contribution is -0.129. The molecule has 1 atom stereocenters. The van der Waals surface area contributed by atoms with Gasteiger partial charge in [0.15, 0.2) is 5.78 Å². The van der Waals surface area contributed by atoms with Crippen LogP contribution in [-0.2, 0) is 14.4 Å². The number of carbonyl (C=O) groups excluding carboxylic acids is 3. The molecule has 0 heterocycles. The van der Waals surface area contributed by atoms with Crippen LogP contribution in [0.25, 0.3) is 0 Å². The number of hydrogen-bond donors (Lipinski definition) is 3. The Morgan fingerprint density at radius 3 is 2.44 bits per heavy atom. The number of carbonyl (C=O) groups is 3. The Hall–Kier alpha value is -1.43. The molecule has 0 aromatic heterocycles. The van der Waals surface area contributed by atoms with E-state index in [2.05, 4.69) is 10.6 Å². The van der Waals surface area contributed by atoms with E-state index in [0.717, 1.165) is 0 Å². The maximum atomic E-state index is 11.7. The average Bonchev–Trinajstić information content (AvgIpc) is 2.24. The minimum Gasteiger partial charge on any atom is -0.350 e. The second kappa shape index (κ2) is 7.81. The maximum Gasteiger partial charge on any atom is 0.239 e. The van der Waals surface area contributed by atoms with Gasteiger partial charge in [0.05, 0.1) is 12.6 Å². The molecule has 6 heteroatoms. The molecule has 0 radical (unpaired) electrons. The SMILES string of the molecule is CC(C)C(=O)C(CCN)NC(=O)CNC=O. The highest BCUT2D eigenvalue weighted by Crippen LogP contribution is 2.02. The number of amides is 2. The van der Waals surface area contributed by atoms with Gasteiger partial charge in [-0.1, -0.05) is 13.8 Å². The van der Waals surface area contributed by atoms with Crippen molar-refractivity contribution in [1.29, 1.82) is 0 Å². The van der Waals surface area contributed by atoms with Crippen LogP contribution >= 0.6 is 0 Å². The minimum atomic E-state index is -0.564. The second-order valence-corrected chi connectivity index (χ2v) is 3.75. The highest BCUT2D eigenvalue weighted by Gasteiger charge is 2.21. The Balaban J connectivity index is 4.26. The maximum absolute atomic E-state index is 11.7. The molecule has 4 N–H and O–H groups in total. The van der Waals surface area contributed by atoms with Crippen LogP contribution in [0.15, 0.2) is 0 Å². The van der Waals surface area contributed by atoms with E-state index in [1.165, 1.54) is 0 Å². The van der Waals surface area contributed by atoms with Crippen molar-refractivity contribution in [3.63, 3.8) is 0 Å². The van der Waals surface area contributed by atoms with Crippen molar-refractivity contribution in [3.05, 3.63) is 0 Å². The summed E-state index contributed by atoms with van der Waals surface area (Å²) < 4.78 is 0. The second-order valence-electron chi connectivity index (χ2n) is 3.75. The lowest BCUT2D eigenvalue weighted by Crippen LogP contribution is -2.46. The van der Waals surface area contributed by atoms with E-state index in [9.17, 15) is 14.4 Å². The van der Waals surface area contributed by atoms with Crippen LogP contribution in [0, 0.1) is 5.92 Å². The fourth-order valence-corrected chi connectivity index (χ4v) is 1.23. The highest BCUT2D eigenvalue weighted by molar-refractivity contribution is 5.91. The van der Waals surface area contributed by atoms with Crippen molar-refractivity contribution in [2.24, 2.45) is 11.7 Å². The molecule has 0 aliphatic carbocycles. The molecule has 0 rings (SSSR count). The van der Waals surface area contributed by atoms with Gasteiger partial charge in [0.25, 0.3) is 0 Å². The molecule has 16 heavy (non-hydrogen) atoms. The van der Waals surface area contributed by atoms with Crippen molar-refractivity contribution in [2.45, 2.75) is 26.3 Å². The predicted octanol–water partition coefficient (Wildman–Crippen LogP) is -1.21. The number of rotatable bonds is 8. The van der Waals surface area contributed by atoms with Crippen LogP contribution in [0.3, 0.4) is 0 Å². The third kappa shape index (κ3) is 5.45. The number of ketones is 1. The minimum absolute atomic E-state index is 0.0510. The van der Waals surface area contributed by atoms with Crippen LogP contribution in [0.5, 0.6) is 0 Å². The summed E-state index contributed by atoms with van der Waals surface area (Å²) in [4.78, 5) is 33.0. The standard InChI is InChI=1S/C10H19N3O3/c1-7(2)10(16)8(3-4-11)13-9(15)5-12-6-14/h6-8H,3-5,11H2,1-2H3,(H,12,14)(H,13,15). The Labute approximate surface area is 94.9 Å². The van der Waals surface area contributed by atoms with E-state index in [4.69, 9.17) is 5.73 Å². The average molecular weight is 229 g/mol. The van der Waals surface area contributed by atoms with Gasteiger partial charge >= 0.3 is 0 Å². The molecule has 6 nitrogen and oxygen atoms in total. The first kappa shape index (κ1) is 14.6. The normalized spacial score (nSPS) is 12.0. The molecule has 0 spiro atoms. The van der Waals surface area contributed by atoms with Gasteiger partial charge in [-0.25, -0.2) is 0 Å². The van der Waals surface area contributed by atoms with Crippen molar-refractivity contribution >= 4 is 18.1 Å². The summed E-state index contributed by atoms with van der Waals surface area (Å²) in [6.45, 7) is 3.73. The summed E-state index contributed by atoms with van der Waals surface area (Å²) in [7, 11) is 0. The molecular formula is C10H19N3O3. The summed E-state index contributed by atoms with van der Waals surface area (Å²) in [5.74, 6) is -0.597. The zero-order chi connectivity index (χ0) is 12.6. The van der Waals surface area contributed by atoms with Crippen LogP contribution < -0.4 is 16.4 Å². The van der Waals surface area contributed by atoms with E-state index in [-0.39, 0.29) is 24.2 Å². The van der Waals surface area contributed by atoms with Crippen molar-refractivity contribution in [2.75, 3.05) is 13.1 Å². The van der Waals surface area contributed by atoms with Crippen molar-refractivity contribution < 1.29 is 14.4 Å². The van der Waals surface area contributed by atoms with Crippen LogP contribution in [0.1, 0.15) is 20.3 Å². The molecule has 0 aromatic carbocycles. The van der Waals surface area contributed by atoms with Gasteiger partial charge in [-0.15, -0.1) is 0 Å². The predicted molar refractivity (Wildman–Crippen MR) is 59.5 cm³/mol. The summed E-state index contributed by atoms with van der Waals surface area (Å²) >= 11 is 0. The van der Waals surface area contributed by atoms with Gasteiger partial charge in [0, 0.05) is 5.92 Å². The summed E-state index contributed by atoms with van der Waals surface area (Å²) in [6, 6.07) is -0.564. The Morgan fingerprint density at radius 2 is 2.00 bits per heavy atom. The lowest BCUT2D eigenvalue weighted by atomic mass is 9.99. The van der Waals surface area contributed by atoms with Gasteiger partial charge in [0.2, 0.25) is 12.3 Å². The molecule has 0 aliphatic rings. The molecule has 2 amide bonds. The van der Waals surface area contributed by atoms with Gasteiger partial charge in [-0.3, -0.25) is 14.4 Å². The van der Waals surface area contributed by atoms with Crippen LogP contribution in [0.4, 0.5) is 0 Å². The molecule has 0 aliphatic heterocycles. The Bertz CT molecular complexity index is 254. The van der Waals surface area contributed by atoms with Gasteiger partial charge in [0.1, 0.15) is 0 Å². The third-order valence-corrected chi connectivity index (χ3v) is 2.05. The number of hydrogen-bond acceptors (Lipinski definition) is 4. The van der Waals surface area contributed by atoms with E-state index in [1.807, 2.05) is 0 Å². The van der Waals surface area contributed by atoms with Crippen molar-refractivity contribution in [3.8, 4) is 0 Å². The molecule has 0 saturated heterocycles. The van der Waals surface area contributed by atoms with Crippen molar-refractivity contribution in [1.82, 2.24) is 10.6 Å². The molecule has 1 unspecified atom stereocenters.